The van der Waals surface area contributed by atoms with Crippen molar-refractivity contribution < 1.29 is 13.9 Å². The van der Waals surface area contributed by atoms with Crippen LogP contribution >= 0.6 is 0 Å². The molecule has 0 unspecified atom stereocenters. The molecule has 1 amide bonds. The summed E-state index contributed by atoms with van der Waals surface area (Å²) in [4.78, 5) is 31.9. The van der Waals surface area contributed by atoms with Crippen LogP contribution in [-0.4, -0.2) is 53.4 Å². The van der Waals surface area contributed by atoms with Crippen molar-refractivity contribution in [3.8, 4) is 23.3 Å². The number of benzene rings is 1. The number of fused-ring (bicyclic) bond motifs is 2. The van der Waals surface area contributed by atoms with Gasteiger partial charge in [-0.05, 0) is 69.4 Å². The Bertz CT molecular complexity index is 1830. The van der Waals surface area contributed by atoms with E-state index in [4.69, 9.17) is 9.72 Å². The molecular formula is C30H27FN8O2. The fourth-order valence-corrected chi connectivity index (χ4v) is 5.04. The maximum Gasteiger partial charge on any atom is 0.298 e. The summed E-state index contributed by atoms with van der Waals surface area (Å²) in [5, 5.41) is 7.18. The van der Waals surface area contributed by atoms with E-state index >= 15 is 4.39 Å². The molecule has 10 nitrogen and oxygen atoms in total. The van der Waals surface area contributed by atoms with Crippen LogP contribution in [-0.2, 0) is 4.79 Å². The molecule has 6 rings (SSSR count). The molecule has 5 heterocycles. The number of pyridine rings is 2. The maximum absolute atomic E-state index is 15.6. The van der Waals surface area contributed by atoms with Gasteiger partial charge in [0.05, 0.1) is 11.2 Å². The Labute approximate surface area is 235 Å². The normalized spacial score (nSPS) is 15.3. The van der Waals surface area contributed by atoms with Gasteiger partial charge in [0.2, 0.25) is 0 Å². The third-order valence-corrected chi connectivity index (χ3v) is 7.24. The molecule has 0 aliphatic carbocycles. The largest absolute Gasteiger partial charge is 0.457 e. The topological polar surface area (TPSA) is 110 Å². The first-order chi connectivity index (χ1) is 20.0. The number of hydrogen-bond acceptors (Lipinski definition) is 8. The minimum absolute atomic E-state index is 0.135. The lowest BCUT2D eigenvalue weighted by Gasteiger charge is -2.18. The summed E-state index contributed by atoms with van der Waals surface area (Å²) in [6, 6.07) is 10.7. The minimum Gasteiger partial charge on any atom is -0.457 e. The number of ether oxygens (including phenoxy) is 1. The van der Waals surface area contributed by atoms with E-state index in [0.29, 0.717) is 52.7 Å². The summed E-state index contributed by atoms with van der Waals surface area (Å²) in [6.07, 6.45) is 7.16. The van der Waals surface area contributed by atoms with Crippen LogP contribution in [0.5, 0.6) is 11.5 Å². The smallest absolute Gasteiger partial charge is 0.298 e. The van der Waals surface area contributed by atoms with E-state index in [1.54, 1.807) is 53.7 Å². The molecule has 1 aromatic carbocycles. The molecule has 1 saturated heterocycles. The monoisotopic (exact) mass is 550 g/mol. The summed E-state index contributed by atoms with van der Waals surface area (Å²) in [7, 11) is 0. The Hall–Kier alpha value is -5.11. The number of halogens is 1. The Morgan fingerprint density at radius 3 is 2.88 bits per heavy atom. The van der Waals surface area contributed by atoms with E-state index in [1.807, 2.05) is 12.1 Å². The zero-order valence-corrected chi connectivity index (χ0v) is 22.6. The standard InChI is InChI=1S/C30H27FN8O2/c1-3-5-27(40)38-13-4-6-20(11-14-38)22-7-8-24-29(36-22)30(34-17-32-24)37-23-9-10-25(19(2)28(23)31)41-21-12-15-39-26(16-21)33-18-35-39/h7-10,12,15-18,20H,4,6,11,13-14H2,1-2H3,(H,32,34,37)/t20-/m0/s1. The highest BCUT2D eigenvalue weighted by Gasteiger charge is 2.23. The first-order valence-corrected chi connectivity index (χ1v) is 13.4. The quantitative estimate of drug-likeness (QED) is 0.299. The molecule has 41 heavy (non-hydrogen) atoms. The summed E-state index contributed by atoms with van der Waals surface area (Å²) >= 11 is 0. The van der Waals surface area contributed by atoms with Crippen molar-refractivity contribution in [3.05, 3.63) is 72.3 Å². The second-order valence-electron chi connectivity index (χ2n) is 9.82. The summed E-state index contributed by atoms with van der Waals surface area (Å²) in [5.74, 6) is 6.22. The maximum atomic E-state index is 15.6. The molecule has 0 radical (unpaired) electrons. The molecule has 4 aromatic heterocycles. The predicted octanol–water partition coefficient (Wildman–Crippen LogP) is 5.17. The van der Waals surface area contributed by atoms with Gasteiger partial charge in [-0.1, -0.05) is 5.92 Å². The van der Waals surface area contributed by atoms with Gasteiger partial charge in [-0.15, -0.1) is 0 Å². The van der Waals surface area contributed by atoms with Crippen molar-refractivity contribution in [2.75, 3.05) is 18.4 Å². The average Bonchev–Trinajstić information content (AvgIpc) is 3.31. The van der Waals surface area contributed by atoms with E-state index in [-0.39, 0.29) is 17.5 Å². The second-order valence-corrected chi connectivity index (χ2v) is 9.82. The number of amides is 1. The van der Waals surface area contributed by atoms with Gasteiger partial charge in [-0.2, -0.15) is 5.10 Å². The Morgan fingerprint density at radius 2 is 2.00 bits per heavy atom. The summed E-state index contributed by atoms with van der Waals surface area (Å²) in [6.45, 7) is 4.63. The molecule has 1 aliphatic heterocycles. The minimum atomic E-state index is -0.460. The lowest BCUT2D eigenvalue weighted by molar-refractivity contribution is -0.125. The molecular weight excluding hydrogens is 523 g/mol. The average molecular weight is 551 g/mol. The van der Waals surface area contributed by atoms with Crippen molar-refractivity contribution >= 4 is 34.1 Å². The molecule has 206 valence electrons. The molecule has 0 saturated carbocycles. The van der Waals surface area contributed by atoms with E-state index in [9.17, 15) is 4.79 Å². The highest BCUT2D eigenvalue weighted by molar-refractivity contribution is 5.93. The van der Waals surface area contributed by atoms with Crippen molar-refractivity contribution in [2.24, 2.45) is 0 Å². The number of aromatic nitrogens is 6. The number of carbonyl (C=O) groups excluding carboxylic acids is 1. The zero-order chi connectivity index (χ0) is 28.3. The number of anilines is 2. The van der Waals surface area contributed by atoms with Gasteiger partial charge in [0, 0.05) is 42.5 Å². The van der Waals surface area contributed by atoms with E-state index in [1.165, 1.54) is 12.7 Å². The molecule has 1 aliphatic rings. The van der Waals surface area contributed by atoms with E-state index in [0.717, 1.165) is 25.0 Å². The third kappa shape index (κ3) is 5.36. The van der Waals surface area contributed by atoms with Crippen LogP contribution < -0.4 is 10.1 Å². The fourth-order valence-electron chi connectivity index (χ4n) is 5.04. The molecule has 1 N–H and O–H groups in total. The first kappa shape index (κ1) is 26.1. The molecule has 0 spiro atoms. The Kier molecular flexibility index (Phi) is 7.12. The number of nitrogens with one attached hydrogen (secondary N) is 1. The molecule has 1 atom stereocenters. The van der Waals surface area contributed by atoms with Gasteiger partial charge in [-0.3, -0.25) is 4.79 Å². The van der Waals surface area contributed by atoms with Gasteiger partial charge in [0.15, 0.2) is 17.3 Å². The third-order valence-electron chi connectivity index (χ3n) is 7.24. The van der Waals surface area contributed by atoms with Gasteiger partial charge in [0.1, 0.15) is 29.7 Å². The highest BCUT2D eigenvalue weighted by Crippen LogP contribution is 2.34. The Balaban J connectivity index is 1.24. The van der Waals surface area contributed by atoms with Gasteiger partial charge < -0.3 is 15.0 Å². The number of carbonyl (C=O) groups is 1. The van der Waals surface area contributed by atoms with Crippen LogP contribution in [0.3, 0.4) is 0 Å². The highest BCUT2D eigenvalue weighted by atomic mass is 19.1. The molecule has 0 bridgehead atoms. The van der Waals surface area contributed by atoms with Crippen molar-refractivity contribution in [1.29, 1.82) is 0 Å². The number of likely N-dealkylation sites (tertiary alicyclic amines) is 1. The van der Waals surface area contributed by atoms with Gasteiger partial charge >= 0.3 is 0 Å². The van der Waals surface area contributed by atoms with Crippen LogP contribution in [0.1, 0.15) is 43.4 Å². The molecule has 5 aromatic rings. The van der Waals surface area contributed by atoms with Crippen molar-refractivity contribution in [2.45, 2.75) is 39.0 Å². The lowest BCUT2D eigenvalue weighted by atomic mass is 9.96. The van der Waals surface area contributed by atoms with Crippen molar-refractivity contribution in [3.63, 3.8) is 0 Å². The number of hydrogen-bond donors (Lipinski definition) is 1. The van der Waals surface area contributed by atoms with E-state index < -0.39 is 5.82 Å². The fraction of sp³-hybridized carbons (Fsp3) is 0.267. The second kappa shape index (κ2) is 11.2. The zero-order valence-electron chi connectivity index (χ0n) is 22.6. The molecule has 11 heteroatoms. The lowest BCUT2D eigenvalue weighted by Crippen LogP contribution is -2.30. The predicted molar refractivity (Wildman–Crippen MR) is 151 cm³/mol. The number of rotatable bonds is 5. The van der Waals surface area contributed by atoms with Gasteiger partial charge in [-0.25, -0.2) is 28.8 Å². The van der Waals surface area contributed by atoms with Crippen LogP contribution in [0.2, 0.25) is 0 Å². The van der Waals surface area contributed by atoms with Crippen LogP contribution in [0.4, 0.5) is 15.9 Å². The van der Waals surface area contributed by atoms with Crippen LogP contribution in [0.15, 0.2) is 55.2 Å². The molecule has 1 fully saturated rings. The van der Waals surface area contributed by atoms with Gasteiger partial charge in [0.25, 0.3) is 5.91 Å². The van der Waals surface area contributed by atoms with Crippen LogP contribution in [0, 0.1) is 24.6 Å². The first-order valence-electron chi connectivity index (χ1n) is 13.4. The van der Waals surface area contributed by atoms with Crippen LogP contribution in [0.25, 0.3) is 16.7 Å². The van der Waals surface area contributed by atoms with E-state index in [2.05, 4.69) is 37.2 Å². The Morgan fingerprint density at radius 1 is 1.10 bits per heavy atom. The van der Waals surface area contributed by atoms with Crippen molar-refractivity contribution in [1.82, 2.24) is 34.4 Å². The summed E-state index contributed by atoms with van der Waals surface area (Å²) in [5.41, 5.74) is 3.32. The number of nitrogens with zero attached hydrogens (tertiary/aromatic N) is 7. The summed E-state index contributed by atoms with van der Waals surface area (Å²) < 4.78 is 23.1. The SMILES string of the molecule is CC#CC(=O)N1CCC[C@H](c2ccc3ncnc(Nc4ccc(Oc5ccn6ncnc6c5)c(C)c4F)c3n2)CC1.